The average molecular weight is 670 g/mol. The molecule has 0 aliphatic carbocycles. The molecule has 12 heteroatoms. The molecule has 5 nitrogen and oxygen atoms in total. The zero-order valence-electron chi connectivity index (χ0n) is 25.4. The van der Waals surface area contributed by atoms with Gasteiger partial charge in [-0.1, -0.05) is 56.6 Å². The molecule has 0 fully saturated rings. The zero-order chi connectivity index (χ0) is 32.7. The SMILES string of the molecule is CC(=Cc1ccc2c(c1)N(S(=O)(=O)c1cccc(C(F)(F)F)c1)C[C@H](CCO[Si](C)(C)C(C)(C)C)O2)c1c(F)cccc1Cl. The molecule has 1 atom stereocenters. The fourth-order valence-corrected chi connectivity index (χ4v) is 7.53. The van der Waals surface area contributed by atoms with Crippen LogP contribution in [-0.2, 0) is 20.6 Å². The first-order valence-electron chi connectivity index (χ1n) is 14.1. The van der Waals surface area contributed by atoms with E-state index >= 15 is 0 Å². The fourth-order valence-electron chi connectivity index (χ4n) is 4.62. The Bertz CT molecular complexity index is 1650. The number of rotatable bonds is 8. The summed E-state index contributed by atoms with van der Waals surface area (Å²) in [6, 6.07) is 12.9. The van der Waals surface area contributed by atoms with Crippen LogP contribution in [0.25, 0.3) is 11.6 Å². The van der Waals surface area contributed by atoms with Crippen molar-refractivity contribution in [3.8, 4) is 5.75 Å². The fraction of sp³-hybridized carbons (Fsp3) is 0.375. The first-order valence-corrected chi connectivity index (χ1v) is 18.8. The van der Waals surface area contributed by atoms with E-state index in [1.165, 1.54) is 12.1 Å². The van der Waals surface area contributed by atoms with Crippen molar-refractivity contribution in [1.29, 1.82) is 0 Å². The summed E-state index contributed by atoms with van der Waals surface area (Å²) < 4.78 is 96.6. The molecule has 0 aromatic heterocycles. The number of benzene rings is 3. The second-order valence-corrected chi connectivity index (χ2v) is 19.4. The number of halogens is 5. The van der Waals surface area contributed by atoms with Gasteiger partial charge < -0.3 is 9.16 Å². The van der Waals surface area contributed by atoms with Crippen molar-refractivity contribution in [2.75, 3.05) is 17.5 Å². The molecule has 0 bridgehead atoms. The minimum absolute atomic E-state index is 0.0269. The van der Waals surface area contributed by atoms with E-state index in [9.17, 15) is 26.0 Å². The summed E-state index contributed by atoms with van der Waals surface area (Å²) in [5, 5.41) is 0.192. The van der Waals surface area contributed by atoms with Gasteiger partial charge in [0, 0.05) is 18.6 Å². The molecular weight excluding hydrogens is 634 g/mol. The van der Waals surface area contributed by atoms with Crippen LogP contribution in [0, 0.1) is 5.82 Å². The number of hydrogen-bond acceptors (Lipinski definition) is 4. The summed E-state index contributed by atoms with van der Waals surface area (Å²) >= 11 is 6.24. The van der Waals surface area contributed by atoms with Crippen LogP contribution in [0.1, 0.15) is 50.8 Å². The van der Waals surface area contributed by atoms with Crippen molar-refractivity contribution in [2.24, 2.45) is 0 Å². The number of alkyl halides is 3. The van der Waals surface area contributed by atoms with Crippen molar-refractivity contribution < 1.29 is 35.1 Å². The summed E-state index contributed by atoms with van der Waals surface area (Å²) in [6.07, 6.45) is -3.32. The second-order valence-electron chi connectivity index (χ2n) is 12.4. The molecule has 4 rings (SSSR count). The Kier molecular flexibility index (Phi) is 9.66. The van der Waals surface area contributed by atoms with E-state index in [0.29, 0.717) is 30.2 Å². The largest absolute Gasteiger partial charge is 0.486 e. The standard InChI is InChI=1S/C32H36ClF4NO4SSi/c1-21(30-26(33)11-8-12-27(30)34)17-22-13-14-29-28(18-22)38(20-24(42-29)15-16-41-44(5,6)31(2,3)4)43(39,40)25-10-7-9-23(19-25)32(35,36)37/h7-14,17-19,24H,15-16,20H2,1-6H3/t24-/m0/s1. The van der Waals surface area contributed by atoms with Gasteiger partial charge in [0.05, 0.1) is 27.7 Å². The van der Waals surface area contributed by atoms with E-state index in [1.807, 2.05) is 0 Å². The molecule has 1 aliphatic heterocycles. The van der Waals surface area contributed by atoms with E-state index in [1.54, 1.807) is 37.3 Å². The van der Waals surface area contributed by atoms with Gasteiger partial charge in [-0.2, -0.15) is 13.2 Å². The smallest absolute Gasteiger partial charge is 0.416 e. The van der Waals surface area contributed by atoms with Crippen molar-refractivity contribution in [3.63, 3.8) is 0 Å². The third-order valence-corrected chi connectivity index (χ3v) is 14.7. The van der Waals surface area contributed by atoms with Crippen LogP contribution in [0.3, 0.4) is 0 Å². The molecule has 44 heavy (non-hydrogen) atoms. The second kappa shape index (κ2) is 12.5. The molecule has 0 amide bonds. The average Bonchev–Trinajstić information content (AvgIpc) is 2.91. The lowest BCUT2D eigenvalue weighted by atomic mass is 10.0. The predicted molar refractivity (Wildman–Crippen MR) is 170 cm³/mol. The van der Waals surface area contributed by atoms with Crippen LogP contribution in [0.2, 0.25) is 23.2 Å². The van der Waals surface area contributed by atoms with Gasteiger partial charge in [0.1, 0.15) is 17.7 Å². The first-order chi connectivity index (χ1) is 20.3. The molecule has 0 saturated carbocycles. The monoisotopic (exact) mass is 669 g/mol. The highest BCUT2D eigenvalue weighted by Gasteiger charge is 2.39. The van der Waals surface area contributed by atoms with Gasteiger partial charge in [0.2, 0.25) is 0 Å². The Morgan fingerprint density at radius 3 is 2.41 bits per heavy atom. The van der Waals surface area contributed by atoms with Gasteiger partial charge in [-0.15, -0.1) is 0 Å². The normalized spacial score (nSPS) is 16.5. The van der Waals surface area contributed by atoms with Crippen LogP contribution in [-0.4, -0.2) is 36.0 Å². The quantitative estimate of drug-likeness (QED) is 0.136. The predicted octanol–water partition coefficient (Wildman–Crippen LogP) is 9.43. The minimum Gasteiger partial charge on any atom is -0.486 e. The van der Waals surface area contributed by atoms with E-state index in [2.05, 4.69) is 33.9 Å². The van der Waals surface area contributed by atoms with Crippen molar-refractivity contribution >= 4 is 47.3 Å². The summed E-state index contributed by atoms with van der Waals surface area (Å²) in [7, 11) is -6.55. The molecule has 238 valence electrons. The molecule has 1 aliphatic rings. The Morgan fingerprint density at radius 2 is 1.77 bits per heavy atom. The number of fused-ring (bicyclic) bond motifs is 1. The van der Waals surface area contributed by atoms with Crippen LogP contribution >= 0.6 is 11.6 Å². The summed E-state index contributed by atoms with van der Waals surface area (Å²) in [5.74, 6) is -0.257. The highest BCUT2D eigenvalue weighted by molar-refractivity contribution is 7.92. The number of ether oxygens (including phenoxy) is 1. The molecule has 0 unspecified atom stereocenters. The lowest BCUT2D eigenvalue weighted by molar-refractivity contribution is -0.137. The minimum atomic E-state index is -4.72. The Labute approximate surface area is 262 Å². The molecule has 3 aromatic rings. The van der Waals surface area contributed by atoms with E-state index in [4.69, 9.17) is 20.8 Å². The number of hydrogen-bond donors (Lipinski definition) is 0. The third kappa shape index (κ3) is 7.33. The summed E-state index contributed by atoms with van der Waals surface area (Å²) in [5.41, 5.74) is 0.315. The van der Waals surface area contributed by atoms with Gasteiger partial charge >= 0.3 is 6.18 Å². The molecule has 0 spiro atoms. The highest BCUT2D eigenvalue weighted by Crippen LogP contribution is 2.41. The number of nitrogens with zero attached hydrogens (tertiary/aromatic N) is 1. The molecule has 1 heterocycles. The Morgan fingerprint density at radius 1 is 1.09 bits per heavy atom. The molecule has 0 N–H and O–H groups in total. The van der Waals surface area contributed by atoms with Crippen LogP contribution in [0.5, 0.6) is 5.75 Å². The summed E-state index contributed by atoms with van der Waals surface area (Å²) in [4.78, 5) is -0.494. The maximum absolute atomic E-state index is 14.6. The maximum atomic E-state index is 14.6. The first kappa shape index (κ1) is 34.0. The molecule has 3 aromatic carbocycles. The topological polar surface area (TPSA) is 55.8 Å². The van der Waals surface area contributed by atoms with Crippen LogP contribution in [0.15, 0.2) is 65.6 Å². The van der Waals surface area contributed by atoms with Gasteiger partial charge in [-0.3, -0.25) is 4.31 Å². The van der Waals surface area contributed by atoms with Crippen LogP contribution < -0.4 is 9.04 Å². The van der Waals surface area contributed by atoms with E-state index < -0.39 is 46.9 Å². The van der Waals surface area contributed by atoms with Crippen molar-refractivity contribution in [1.82, 2.24) is 0 Å². The Balaban J connectivity index is 1.74. The molecule has 0 saturated heterocycles. The number of allylic oxidation sites excluding steroid dienone is 1. The van der Waals surface area contributed by atoms with Crippen molar-refractivity contribution in [3.05, 3.63) is 88.2 Å². The van der Waals surface area contributed by atoms with Gasteiger partial charge in [-0.05, 0) is 78.7 Å². The van der Waals surface area contributed by atoms with Gasteiger partial charge in [-0.25, -0.2) is 12.8 Å². The van der Waals surface area contributed by atoms with Crippen LogP contribution in [0.4, 0.5) is 23.2 Å². The highest BCUT2D eigenvalue weighted by atomic mass is 35.5. The summed E-state index contributed by atoms with van der Waals surface area (Å²) in [6.45, 7) is 12.4. The Hall–Kier alpha value is -2.86. The van der Waals surface area contributed by atoms with Gasteiger partial charge in [0.15, 0.2) is 8.32 Å². The maximum Gasteiger partial charge on any atom is 0.416 e. The number of anilines is 1. The third-order valence-electron chi connectivity index (χ3n) is 8.11. The lowest BCUT2D eigenvalue weighted by Gasteiger charge is -2.38. The zero-order valence-corrected chi connectivity index (χ0v) is 28.0. The lowest BCUT2D eigenvalue weighted by Crippen LogP contribution is -2.45. The van der Waals surface area contributed by atoms with Crippen molar-refractivity contribution in [2.45, 2.75) is 69.4 Å². The van der Waals surface area contributed by atoms with Gasteiger partial charge in [0.25, 0.3) is 10.0 Å². The van der Waals surface area contributed by atoms with E-state index in [-0.39, 0.29) is 33.6 Å². The van der Waals surface area contributed by atoms with E-state index in [0.717, 1.165) is 22.5 Å². The molecular formula is C32H36ClF4NO4SSi. The number of sulfonamides is 1. The molecule has 0 radical (unpaired) electrons.